The lowest BCUT2D eigenvalue weighted by Gasteiger charge is -2.33. The summed E-state index contributed by atoms with van der Waals surface area (Å²) in [4.78, 5) is 18.0. The second kappa shape index (κ2) is 4.50. The van der Waals surface area contributed by atoms with Crippen molar-refractivity contribution in [3.63, 3.8) is 0 Å². The minimum Gasteiger partial charge on any atom is -0.361 e. The molecule has 92 valence electrons. The second-order valence-electron chi connectivity index (χ2n) is 4.25. The Bertz CT molecular complexity index is 431. The highest BCUT2D eigenvalue weighted by atomic mass is 16.6. The van der Waals surface area contributed by atoms with Crippen molar-refractivity contribution in [1.29, 1.82) is 0 Å². The van der Waals surface area contributed by atoms with Crippen molar-refractivity contribution in [2.75, 3.05) is 10.7 Å². The van der Waals surface area contributed by atoms with Gasteiger partial charge in [-0.15, -0.1) is 0 Å². The summed E-state index contributed by atoms with van der Waals surface area (Å²) < 4.78 is 0. The number of hydrogen-bond donors (Lipinski definition) is 3. The molecule has 17 heavy (non-hydrogen) atoms. The third-order valence-corrected chi connectivity index (χ3v) is 2.81. The van der Waals surface area contributed by atoms with Crippen LogP contribution in [0.15, 0.2) is 6.20 Å². The van der Waals surface area contributed by atoms with E-state index in [4.69, 9.17) is 5.84 Å². The molecule has 0 aliphatic heterocycles. The minimum atomic E-state index is -0.509. The molecule has 1 aromatic rings. The number of aromatic nitrogens is 2. The fourth-order valence-corrected chi connectivity index (χ4v) is 1.90. The molecule has 0 radical (unpaired) electrons. The first-order valence-electron chi connectivity index (χ1n) is 5.34. The summed E-state index contributed by atoms with van der Waals surface area (Å²) >= 11 is 0. The second-order valence-corrected chi connectivity index (χ2v) is 4.25. The van der Waals surface area contributed by atoms with Gasteiger partial charge in [-0.05, 0) is 18.8 Å². The summed E-state index contributed by atoms with van der Waals surface area (Å²) in [6.45, 7) is 2.14. The van der Waals surface area contributed by atoms with Gasteiger partial charge in [-0.2, -0.15) is 4.98 Å². The zero-order valence-electron chi connectivity index (χ0n) is 9.38. The third kappa shape index (κ3) is 2.41. The van der Waals surface area contributed by atoms with E-state index >= 15 is 0 Å². The number of nitrogens with one attached hydrogen (secondary N) is 2. The maximum Gasteiger partial charge on any atom is 0.329 e. The number of nitrogens with zero attached hydrogens (tertiary/aromatic N) is 3. The molecule has 0 spiro atoms. The molecule has 0 amide bonds. The van der Waals surface area contributed by atoms with Crippen molar-refractivity contribution in [3.8, 4) is 0 Å². The predicted molar refractivity (Wildman–Crippen MR) is 62.3 cm³/mol. The van der Waals surface area contributed by atoms with Crippen LogP contribution in [0.5, 0.6) is 0 Å². The zero-order chi connectivity index (χ0) is 12.4. The molecule has 0 unspecified atom stereocenters. The molecule has 1 saturated carbocycles. The molecule has 8 heteroatoms. The van der Waals surface area contributed by atoms with Crippen molar-refractivity contribution >= 4 is 17.5 Å². The average molecular weight is 238 g/mol. The van der Waals surface area contributed by atoms with Crippen LogP contribution in [0.4, 0.5) is 17.5 Å². The first kappa shape index (κ1) is 11.5. The number of hydrazine groups is 1. The standard InChI is InChI=1S/C9H14N6O2/c1-5-2-6(3-5)12-8-7(15(16)17)4-11-9(13-8)14-10/h4-6H,2-3,10H2,1H3,(H2,11,12,13,14). The summed E-state index contributed by atoms with van der Waals surface area (Å²) in [6, 6.07) is 0.240. The molecular weight excluding hydrogens is 224 g/mol. The summed E-state index contributed by atoms with van der Waals surface area (Å²) in [5, 5.41) is 13.9. The number of nitro groups is 1. The molecule has 1 fully saturated rings. The van der Waals surface area contributed by atoms with Gasteiger partial charge in [-0.3, -0.25) is 15.5 Å². The molecule has 0 bridgehead atoms. The number of nitrogen functional groups attached to an aromatic ring is 1. The monoisotopic (exact) mass is 238 g/mol. The highest BCUT2D eigenvalue weighted by molar-refractivity contribution is 5.57. The fourth-order valence-electron chi connectivity index (χ4n) is 1.90. The van der Waals surface area contributed by atoms with E-state index in [0.29, 0.717) is 5.92 Å². The Morgan fingerprint density at radius 2 is 2.29 bits per heavy atom. The van der Waals surface area contributed by atoms with E-state index in [1.165, 1.54) is 0 Å². The van der Waals surface area contributed by atoms with Crippen LogP contribution in [0, 0.1) is 16.0 Å². The molecule has 2 rings (SSSR count). The first-order valence-corrected chi connectivity index (χ1v) is 5.34. The molecule has 1 aromatic heterocycles. The van der Waals surface area contributed by atoms with E-state index in [9.17, 15) is 10.1 Å². The molecule has 1 aliphatic carbocycles. The van der Waals surface area contributed by atoms with Gasteiger partial charge in [0, 0.05) is 6.04 Å². The Balaban J connectivity index is 2.19. The molecule has 0 atom stereocenters. The number of nitrogens with two attached hydrogens (primary N) is 1. The van der Waals surface area contributed by atoms with Crippen molar-refractivity contribution in [2.45, 2.75) is 25.8 Å². The summed E-state index contributed by atoms with van der Waals surface area (Å²) in [7, 11) is 0. The quantitative estimate of drug-likeness (QED) is 0.404. The van der Waals surface area contributed by atoms with Crippen LogP contribution in [0.2, 0.25) is 0 Å². The first-order chi connectivity index (χ1) is 8.10. The van der Waals surface area contributed by atoms with Crippen molar-refractivity contribution in [1.82, 2.24) is 9.97 Å². The van der Waals surface area contributed by atoms with Gasteiger partial charge in [0.2, 0.25) is 11.8 Å². The van der Waals surface area contributed by atoms with Crippen LogP contribution < -0.4 is 16.6 Å². The van der Waals surface area contributed by atoms with Crippen molar-refractivity contribution < 1.29 is 4.92 Å². The molecule has 1 aliphatic rings. The van der Waals surface area contributed by atoms with Crippen molar-refractivity contribution in [2.24, 2.45) is 11.8 Å². The van der Waals surface area contributed by atoms with Crippen LogP contribution in [-0.2, 0) is 0 Å². The van der Waals surface area contributed by atoms with Crippen LogP contribution in [0.1, 0.15) is 19.8 Å². The van der Waals surface area contributed by atoms with E-state index in [2.05, 4.69) is 27.6 Å². The lowest BCUT2D eigenvalue weighted by Crippen LogP contribution is -2.34. The van der Waals surface area contributed by atoms with Gasteiger partial charge < -0.3 is 5.32 Å². The van der Waals surface area contributed by atoms with Gasteiger partial charge in [-0.1, -0.05) is 6.92 Å². The van der Waals surface area contributed by atoms with E-state index in [1.54, 1.807) is 0 Å². The Hall–Kier alpha value is -1.96. The van der Waals surface area contributed by atoms with Gasteiger partial charge in [0.1, 0.15) is 6.20 Å². The van der Waals surface area contributed by atoms with Crippen LogP contribution in [0.3, 0.4) is 0 Å². The molecule has 0 aromatic carbocycles. The van der Waals surface area contributed by atoms with Gasteiger partial charge in [-0.25, -0.2) is 10.8 Å². The fraction of sp³-hybridized carbons (Fsp3) is 0.556. The van der Waals surface area contributed by atoms with E-state index in [1.807, 2.05) is 0 Å². The number of hydrogen-bond acceptors (Lipinski definition) is 7. The normalized spacial score (nSPS) is 22.7. The zero-order valence-corrected chi connectivity index (χ0v) is 9.38. The van der Waals surface area contributed by atoms with Crippen molar-refractivity contribution in [3.05, 3.63) is 16.3 Å². The van der Waals surface area contributed by atoms with E-state index in [0.717, 1.165) is 19.0 Å². The molecule has 0 saturated heterocycles. The summed E-state index contributed by atoms with van der Waals surface area (Å²) in [5.41, 5.74) is 2.13. The maximum atomic E-state index is 10.8. The topological polar surface area (TPSA) is 119 Å². The molecule has 8 nitrogen and oxygen atoms in total. The van der Waals surface area contributed by atoms with Gasteiger partial charge in [0.05, 0.1) is 4.92 Å². The number of anilines is 2. The molecular formula is C9H14N6O2. The predicted octanol–water partition coefficient (Wildman–Crippen LogP) is 0.881. The number of rotatable bonds is 4. The third-order valence-electron chi connectivity index (χ3n) is 2.81. The Kier molecular flexibility index (Phi) is 3.05. The van der Waals surface area contributed by atoms with Crippen LogP contribution >= 0.6 is 0 Å². The Morgan fingerprint density at radius 1 is 1.59 bits per heavy atom. The lowest BCUT2D eigenvalue weighted by atomic mass is 9.82. The SMILES string of the molecule is CC1CC(Nc2nc(NN)ncc2[N+](=O)[O-])C1. The Labute approximate surface area is 97.8 Å². The highest BCUT2D eigenvalue weighted by Gasteiger charge is 2.28. The van der Waals surface area contributed by atoms with Gasteiger partial charge in [0.15, 0.2) is 0 Å². The molecule has 4 N–H and O–H groups in total. The average Bonchev–Trinajstić information content (AvgIpc) is 2.26. The van der Waals surface area contributed by atoms with E-state index < -0.39 is 4.92 Å². The van der Waals surface area contributed by atoms with Gasteiger partial charge >= 0.3 is 5.69 Å². The van der Waals surface area contributed by atoms with E-state index in [-0.39, 0.29) is 23.5 Å². The van der Waals surface area contributed by atoms with Crippen LogP contribution in [-0.4, -0.2) is 20.9 Å². The summed E-state index contributed by atoms with van der Waals surface area (Å²) in [5.74, 6) is 6.20. The van der Waals surface area contributed by atoms with Crippen LogP contribution in [0.25, 0.3) is 0 Å². The smallest absolute Gasteiger partial charge is 0.329 e. The maximum absolute atomic E-state index is 10.8. The lowest BCUT2D eigenvalue weighted by molar-refractivity contribution is -0.384. The van der Waals surface area contributed by atoms with Gasteiger partial charge in [0.25, 0.3) is 0 Å². The molecule has 1 heterocycles. The minimum absolute atomic E-state index is 0.136. The highest BCUT2D eigenvalue weighted by Crippen LogP contribution is 2.31. The largest absolute Gasteiger partial charge is 0.361 e. The Morgan fingerprint density at radius 3 is 2.82 bits per heavy atom. The summed E-state index contributed by atoms with van der Waals surface area (Å²) in [6.07, 6.45) is 3.13.